The van der Waals surface area contributed by atoms with Gasteiger partial charge in [0.1, 0.15) is 5.54 Å². The van der Waals surface area contributed by atoms with Crippen LogP contribution in [-0.2, 0) is 4.79 Å². The fourth-order valence-corrected chi connectivity index (χ4v) is 2.37. The maximum Gasteiger partial charge on any atom is 0.390 e. The summed E-state index contributed by atoms with van der Waals surface area (Å²) in [4.78, 5) is 13.1. The number of carboxylic acid groups (broad SMARTS) is 1. The molecule has 0 aromatic carbocycles. The molecule has 1 aliphatic carbocycles. The van der Waals surface area contributed by atoms with E-state index in [9.17, 15) is 23.1 Å². The molecule has 1 fully saturated rings. The van der Waals surface area contributed by atoms with Gasteiger partial charge in [-0.05, 0) is 45.7 Å². The number of hydrogen-bond acceptors (Lipinski definition) is 3. The van der Waals surface area contributed by atoms with Crippen LogP contribution in [0.3, 0.4) is 0 Å². The van der Waals surface area contributed by atoms with E-state index in [1.165, 1.54) is 0 Å². The Labute approximate surface area is 123 Å². The van der Waals surface area contributed by atoms with E-state index in [-0.39, 0.29) is 12.6 Å². The van der Waals surface area contributed by atoms with Crippen LogP contribution in [0, 0.1) is 0 Å². The quantitative estimate of drug-likeness (QED) is 0.651. The van der Waals surface area contributed by atoms with Crippen LogP contribution in [0.25, 0.3) is 0 Å². The molecule has 2 N–H and O–H groups in total. The Kier molecular flexibility index (Phi) is 6.46. The minimum atomic E-state index is -4.14. The minimum absolute atomic E-state index is 0.0499. The third kappa shape index (κ3) is 6.65. The molecule has 0 amide bonds. The van der Waals surface area contributed by atoms with Crippen LogP contribution in [0.1, 0.15) is 45.4 Å². The third-order valence-electron chi connectivity index (χ3n) is 3.99. The van der Waals surface area contributed by atoms with Crippen molar-refractivity contribution < 1.29 is 23.1 Å². The average molecular weight is 310 g/mol. The molecular formula is C14H25F3N2O2. The molecule has 1 unspecified atom stereocenters. The SMILES string of the molecule is CCC(CCCN(C)CCC(F)(F)F)(NC1CC1)C(=O)O. The second kappa shape index (κ2) is 7.45. The van der Waals surface area contributed by atoms with Gasteiger partial charge in [0, 0.05) is 12.6 Å². The molecule has 0 bridgehead atoms. The van der Waals surface area contributed by atoms with Crippen molar-refractivity contribution in [2.24, 2.45) is 0 Å². The third-order valence-corrected chi connectivity index (χ3v) is 3.99. The topological polar surface area (TPSA) is 52.6 Å². The highest BCUT2D eigenvalue weighted by atomic mass is 19.4. The summed E-state index contributed by atoms with van der Waals surface area (Å²) in [5, 5.41) is 12.6. The Morgan fingerprint density at radius 2 is 1.90 bits per heavy atom. The molecular weight excluding hydrogens is 285 g/mol. The van der Waals surface area contributed by atoms with E-state index in [4.69, 9.17) is 0 Å². The number of aliphatic carboxylic acids is 1. The second-order valence-electron chi connectivity index (χ2n) is 5.93. The number of rotatable bonds is 10. The van der Waals surface area contributed by atoms with Crippen LogP contribution in [0.5, 0.6) is 0 Å². The normalized spacial score (nSPS) is 18.8. The summed E-state index contributed by atoms with van der Waals surface area (Å²) in [5.74, 6) is -0.866. The molecule has 1 rings (SSSR count). The number of alkyl halides is 3. The lowest BCUT2D eigenvalue weighted by atomic mass is 9.90. The van der Waals surface area contributed by atoms with Crippen LogP contribution in [0.4, 0.5) is 13.2 Å². The van der Waals surface area contributed by atoms with E-state index in [2.05, 4.69) is 5.32 Å². The Balaban J connectivity index is 2.37. The molecule has 7 heteroatoms. The van der Waals surface area contributed by atoms with Gasteiger partial charge in [-0.15, -0.1) is 0 Å². The van der Waals surface area contributed by atoms with Gasteiger partial charge in [0.15, 0.2) is 0 Å². The van der Waals surface area contributed by atoms with Crippen molar-refractivity contribution in [2.45, 2.75) is 63.2 Å². The van der Waals surface area contributed by atoms with Crippen molar-refractivity contribution in [2.75, 3.05) is 20.1 Å². The zero-order chi connectivity index (χ0) is 16.1. The van der Waals surface area contributed by atoms with Gasteiger partial charge < -0.3 is 10.0 Å². The van der Waals surface area contributed by atoms with Gasteiger partial charge in [-0.1, -0.05) is 6.92 Å². The lowest BCUT2D eigenvalue weighted by Gasteiger charge is -2.30. The van der Waals surface area contributed by atoms with E-state index in [1.54, 1.807) is 11.9 Å². The molecule has 1 atom stereocenters. The molecule has 4 nitrogen and oxygen atoms in total. The van der Waals surface area contributed by atoms with Crippen molar-refractivity contribution in [3.05, 3.63) is 0 Å². The minimum Gasteiger partial charge on any atom is -0.480 e. The van der Waals surface area contributed by atoms with Gasteiger partial charge in [0.05, 0.1) is 6.42 Å². The molecule has 0 saturated heterocycles. The first-order chi connectivity index (χ1) is 9.68. The fraction of sp³-hybridized carbons (Fsp3) is 0.929. The summed E-state index contributed by atoms with van der Waals surface area (Å²) in [6.45, 7) is 2.25. The number of carbonyl (C=O) groups is 1. The highest BCUT2D eigenvalue weighted by Crippen LogP contribution is 2.27. The highest BCUT2D eigenvalue weighted by molar-refractivity contribution is 5.78. The van der Waals surface area contributed by atoms with Crippen LogP contribution >= 0.6 is 0 Å². The van der Waals surface area contributed by atoms with Gasteiger partial charge >= 0.3 is 12.1 Å². The van der Waals surface area contributed by atoms with Crippen molar-refractivity contribution in [3.8, 4) is 0 Å². The number of hydrogen-bond donors (Lipinski definition) is 2. The predicted molar refractivity (Wildman–Crippen MR) is 74.2 cm³/mol. The first-order valence-electron chi connectivity index (χ1n) is 7.45. The summed E-state index contributed by atoms with van der Waals surface area (Å²) >= 11 is 0. The first kappa shape index (κ1) is 18.2. The Hall–Kier alpha value is -0.820. The van der Waals surface area contributed by atoms with E-state index in [0.29, 0.717) is 25.8 Å². The van der Waals surface area contributed by atoms with E-state index >= 15 is 0 Å². The van der Waals surface area contributed by atoms with Gasteiger partial charge in [-0.2, -0.15) is 13.2 Å². The summed E-state index contributed by atoms with van der Waals surface area (Å²) in [6.07, 6.45) is -1.50. The Morgan fingerprint density at radius 3 is 2.33 bits per heavy atom. The highest BCUT2D eigenvalue weighted by Gasteiger charge is 2.40. The monoisotopic (exact) mass is 310 g/mol. The van der Waals surface area contributed by atoms with Crippen molar-refractivity contribution in [1.29, 1.82) is 0 Å². The molecule has 0 aromatic rings. The Morgan fingerprint density at radius 1 is 1.29 bits per heavy atom. The summed E-state index contributed by atoms with van der Waals surface area (Å²) in [5.41, 5.74) is -0.938. The maximum absolute atomic E-state index is 12.1. The standard InChI is InChI=1S/C14H25F3N2O2/c1-3-13(12(20)21,18-11-5-6-11)7-4-9-19(2)10-8-14(15,16)17/h11,18H,3-10H2,1-2H3,(H,20,21). The molecule has 124 valence electrons. The van der Waals surface area contributed by atoms with Crippen molar-refractivity contribution in [3.63, 3.8) is 0 Å². The largest absolute Gasteiger partial charge is 0.480 e. The van der Waals surface area contributed by atoms with Crippen LogP contribution in [-0.4, -0.2) is 53.9 Å². The molecule has 1 aliphatic rings. The summed E-state index contributed by atoms with van der Waals surface area (Å²) in [6, 6.07) is 0.281. The van der Waals surface area contributed by atoms with E-state index in [1.807, 2.05) is 6.92 Å². The molecule has 0 aliphatic heterocycles. The van der Waals surface area contributed by atoms with Crippen LogP contribution in [0.15, 0.2) is 0 Å². The van der Waals surface area contributed by atoms with Crippen LogP contribution in [0.2, 0.25) is 0 Å². The molecule has 0 radical (unpaired) electrons. The Bertz CT molecular complexity index is 346. The number of nitrogens with one attached hydrogen (secondary N) is 1. The predicted octanol–water partition coefficient (Wildman–Crippen LogP) is 2.64. The zero-order valence-electron chi connectivity index (χ0n) is 12.7. The van der Waals surface area contributed by atoms with E-state index in [0.717, 1.165) is 12.8 Å². The van der Waals surface area contributed by atoms with Crippen molar-refractivity contribution in [1.82, 2.24) is 10.2 Å². The molecule has 21 heavy (non-hydrogen) atoms. The molecule has 0 aromatic heterocycles. The van der Waals surface area contributed by atoms with E-state index < -0.39 is 24.1 Å². The van der Waals surface area contributed by atoms with Gasteiger partial charge in [-0.25, -0.2) is 0 Å². The molecule has 1 saturated carbocycles. The average Bonchev–Trinajstić information content (AvgIpc) is 3.17. The van der Waals surface area contributed by atoms with Gasteiger partial charge in [-0.3, -0.25) is 10.1 Å². The first-order valence-corrected chi connectivity index (χ1v) is 7.45. The molecule has 0 spiro atoms. The maximum atomic E-state index is 12.1. The fourth-order valence-electron chi connectivity index (χ4n) is 2.37. The summed E-state index contributed by atoms with van der Waals surface area (Å²) < 4.78 is 36.4. The molecule has 0 heterocycles. The lowest BCUT2D eigenvalue weighted by molar-refractivity contribution is -0.145. The van der Waals surface area contributed by atoms with Gasteiger partial charge in [0.2, 0.25) is 0 Å². The van der Waals surface area contributed by atoms with Gasteiger partial charge in [0.25, 0.3) is 0 Å². The van der Waals surface area contributed by atoms with Crippen molar-refractivity contribution >= 4 is 5.97 Å². The zero-order valence-corrected chi connectivity index (χ0v) is 12.7. The number of halogens is 3. The number of nitrogens with zero attached hydrogens (tertiary/aromatic N) is 1. The lowest BCUT2D eigenvalue weighted by Crippen LogP contribution is -2.53. The second-order valence-corrected chi connectivity index (χ2v) is 5.93. The smallest absolute Gasteiger partial charge is 0.390 e. The van der Waals surface area contributed by atoms with Crippen LogP contribution < -0.4 is 5.32 Å². The summed E-state index contributed by atoms with van der Waals surface area (Å²) in [7, 11) is 1.63. The number of carboxylic acids is 1.